The van der Waals surface area contributed by atoms with Gasteiger partial charge in [0.15, 0.2) is 5.96 Å². The van der Waals surface area contributed by atoms with Gasteiger partial charge in [0.25, 0.3) is 0 Å². The first-order chi connectivity index (χ1) is 12.0. The highest BCUT2D eigenvalue weighted by Crippen LogP contribution is 2.23. The minimum atomic E-state index is -1.15. The fourth-order valence-electron chi connectivity index (χ4n) is 2.61. The van der Waals surface area contributed by atoms with Gasteiger partial charge in [0.2, 0.25) is 0 Å². The van der Waals surface area contributed by atoms with Crippen LogP contribution in [0.4, 0.5) is 0 Å². The van der Waals surface area contributed by atoms with Crippen molar-refractivity contribution in [1.82, 2.24) is 10.6 Å². The third-order valence-corrected chi connectivity index (χ3v) is 4.03. The van der Waals surface area contributed by atoms with Gasteiger partial charge in [0, 0.05) is 19.7 Å². The van der Waals surface area contributed by atoms with E-state index < -0.39 is 5.60 Å². The van der Waals surface area contributed by atoms with Crippen molar-refractivity contribution in [2.45, 2.75) is 45.3 Å². The van der Waals surface area contributed by atoms with Crippen molar-refractivity contribution < 1.29 is 19.0 Å². The normalized spacial score (nSPS) is 20.5. The number of guanidine groups is 1. The van der Waals surface area contributed by atoms with Gasteiger partial charge in [-0.2, -0.15) is 0 Å². The summed E-state index contributed by atoms with van der Waals surface area (Å²) < 4.78 is 16.7. The number of aliphatic imine (C=N–C) groups is 1. The van der Waals surface area contributed by atoms with Crippen LogP contribution in [0.15, 0.2) is 21.5 Å². The minimum absolute atomic E-state index is 0.200. The summed E-state index contributed by atoms with van der Waals surface area (Å²) in [6.45, 7) is 9.20. The van der Waals surface area contributed by atoms with Crippen molar-refractivity contribution in [1.29, 1.82) is 0 Å². The molecule has 1 saturated heterocycles. The van der Waals surface area contributed by atoms with Crippen molar-refractivity contribution >= 4 is 5.96 Å². The first kappa shape index (κ1) is 19.8. The number of aryl methyl sites for hydroxylation is 1. The van der Waals surface area contributed by atoms with Crippen LogP contribution in [0.3, 0.4) is 0 Å². The molecule has 1 fully saturated rings. The number of furan rings is 1. The molecule has 0 spiro atoms. The van der Waals surface area contributed by atoms with Gasteiger partial charge in [-0.05, 0) is 45.7 Å². The Hall–Kier alpha value is -1.57. The fourth-order valence-corrected chi connectivity index (χ4v) is 2.61. The Morgan fingerprint density at radius 3 is 2.92 bits per heavy atom. The summed E-state index contributed by atoms with van der Waals surface area (Å²) in [7, 11) is 0. The first-order valence-electron chi connectivity index (χ1n) is 9.02. The molecule has 0 aliphatic carbocycles. The molecule has 142 valence electrons. The van der Waals surface area contributed by atoms with E-state index in [0.717, 1.165) is 31.8 Å². The molecule has 7 heteroatoms. The SMILES string of the molecule is CCNC(=NCC(C)(O)c1ccc(C)o1)NCCOCC1CCCO1. The van der Waals surface area contributed by atoms with Crippen molar-refractivity contribution in [3.8, 4) is 0 Å². The van der Waals surface area contributed by atoms with Crippen LogP contribution in [-0.2, 0) is 15.1 Å². The van der Waals surface area contributed by atoms with Crippen LogP contribution < -0.4 is 10.6 Å². The van der Waals surface area contributed by atoms with Crippen molar-refractivity contribution in [2.24, 2.45) is 4.99 Å². The minimum Gasteiger partial charge on any atom is -0.463 e. The lowest BCUT2D eigenvalue weighted by atomic mass is 10.0. The Kier molecular flexibility index (Phi) is 7.74. The van der Waals surface area contributed by atoms with E-state index in [1.807, 2.05) is 19.9 Å². The van der Waals surface area contributed by atoms with Crippen molar-refractivity contribution in [2.75, 3.05) is 39.5 Å². The molecular weight excluding hydrogens is 322 g/mol. The maximum Gasteiger partial charge on any atom is 0.191 e. The van der Waals surface area contributed by atoms with Gasteiger partial charge in [-0.25, -0.2) is 4.99 Å². The van der Waals surface area contributed by atoms with E-state index in [1.165, 1.54) is 0 Å². The predicted octanol–water partition coefficient (Wildman–Crippen LogP) is 1.55. The molecule has 0 amide bonds. The van der Waals surface area contributed by atoms with Gasteiger partial charge in [-0.3, -0.25) is 0 Å². The lowest BCUT2D eigenvalue weighted by Crippen LogP contribution is -2.40. The van der Waals surface area contributed by atoms with Crippen molar-refractivity contribution in [3.63, 3.8) is 0 Å². The number of hydrogen-bond acceptors (Lipinski definition) is 5. The molecule has 7 nitrogen and oxygen atoms in total. The van der Waals surface area contributed by atoms with E-state index in [1.54, 1.807) is 13.0 Å². The summed E-state index contributed by atoms with van der Waals surface area (Å²) >= 11 is 0. The molecule has 1 aliphatic heterocycles. The van der Waals surface area contributed by atoms with Gasteiger partial charge >= 0.3 is 0 Å². The van der Waals surface area contributed by atoms with Crippen LogP contribution in [0.5, 0.6) is 0 Å². The molecule has 0 bridgehead atoms. The van der Waals surface area contributed by atoms with Gasteiger partial charge in [0.1, 0.15) is 17.1 Å². The highest BCUT2D eigenvalue weighted by Gasteiger charge is 2.26. The number of nitrogens with zero attached hydrogens (tertiary/aromatic N) is 1. The smallest absolute Gasteiger partial charge is 0.191 e. The first-order valence-corrected chi connectivity index (χ1v) is 9.02. The second kappa shape index (κ2) is 9.79. The van der Waals surface area contributed by atoms with E-state index in [2.05, 4.69) is 15.6 Å². The fraction of sp³-hybridized carbons (Fsp3) is 0.722. The molecule has 1 aromatic rings. The summed E-state index contributed by atoms with van der Waals surface area (Å²) in [5, 5.41) is 16.9. The number of nitrogens with one attached hydrogen (secondary N) is 2. The zero-order valence-electron chi connectivity index (χ0n) is 15.5. The average molecular weight is 353 g/mol. The Morgan fingerprint density at radius 1 is 1.44 bits per heavy atom. The lowest BCUT2D eigenvalue weighted by Gasteiger charge is -2.19. The van der Waals surface area contributed by atoms with Gasteiger partial charge in [-0.1, -0.05) is 0 Å². The van der Waals surface area contributed by atoms with Crippen molar-refractivity contribution in [3.05, 3.63) is 23.7 Å². The largest absolute Gasteiger partial charge is 0.463 e. The Labute approximate surface area is 149 Å². The molecule has 0 saturated carbocycles. The van der Waals surface area contributed by atoms with E-state index >= 15 is 0 Å². The molecule has 1 aliphatic rings. The summed E-state index contributed by atoms with van der Waals surface area (Å²) in [6.07, 6.45) is 2.45. The molecule has 2 unspecified atom stereocenters. The Balaban J connectivity index is 1.75. The van der Waals surface area contributed by atoms with Crippen LogP contribution in [0, 0.1) is 6.92 Å². The quantitative estimate of drug-likeness (QED) is 0.355. The maximum absolute atomic E-state index is 10.6. The second-order valence-corrected chi connectivity index (χ2v) is 6.52. The molecule has 2 atom stereocenters. The topological polar surface area (TPSA) is 88.3 Å². The molecule has 2 rings (SSSR count). The summed E-state index contributed by atoms with van der Waals surface area (Å²) in [5.74, 6) is 1.93. The summed E-state index contributed by atoms with van der Waals surface area (Å²) in [5.41, 5.74) is -1.15. The number of hydrogen-bond donors (Lipinski definition) is 3. The van der Waals surface area contributed by atoms with E-state index in [4.69, 9.17) is 13.9 Å². The highest BCUT2D eigenvalue weighted by molar-refractivity contribution is 5.79. The molecular formula is C18H31N3O4. The zero-order chi connectivity index (χ0) is 18.1. The molecule has 2 heterocycles. The summed E-state index contributed by atoms with van der Waals surface area (Å²) in [6, 6.07) is 3.62. The Morgan fingerprint density at radius 2 is 2.28 bits per heavy atom. The van der Waals surface area contributed by atoms with Crippen LogP contribution in [0.1, 0.15) is 38.2 Å². The molecule has 1 aromatic heterocycles. The number of aliphatic hydroxyl groups is 1. The van der Waals surface area contributed by atoms with Crippen LogP contribution >= 0.6 is 0 Å². The van der Waals surface area contributed by atoms with E-state index in [0.29, 0.717) is 31.5 Å². The maximum atomic E-state index is 10.6. The predicted molar refractivity (Wildman–Crippen MR) is 96.8 cm³/mol. The summed E-state index contributed by atoms with van der Waals surface area (Å²) in [4.78, 5) is 4.45. The molecule has 0 aromatic carbocycles. The van der Waals surface area contributed by atoms with Crippen LogP contribution in [0.25, 0.3) is 0 Å². The Bertz CT molecular complexity index is 536. The molecule has 0 radical (unpaired) electrons. The molecule has 3 N–H and O–H groups in total. The van der Waals surface area contributed by atoms with Crippen LogP contribution in [-0.4, -0.2) is 56.6 Å². The number of rotatable bonds is 9. The second-order valence-electron chi connectivity index (χ2n) is 6.52. The molecule has 25 heavy (non-hydrogen) atoms. The highest BCUT2D eigenvalue weighted by atomic mass is 16.5. The lowest BCUT2D eigenvalue weighted by molar-refractivity contribution is 0.0190. The van der Waals surface area contributed by atoms with Gasteiger partial charge in [-0.15, -0.1) is 0 Å². The van der Waals surface area contributed by atoms with Gasteiger partial charge in [0.05, 0.1) is 25.9 Å². The monoisotopic (exact) mass is 353 g/mol. The average Bonchev–Trinajstić information content (AvgIpc) is 3.24. The zero-order valence-corrected chi connectivity index (χ0v) is 15.5. The third kappa shape index (κ3) is 6.68. The standard InChI is InChI=1S/C18H31N3O4/c1-4-19-17(20-9-11-23-12-15-6-5-10-24-15)21-13-18(3,22)16-8-7-14(2)25-16/h7-8,15,22H,4-6,9-13H2,1-3H3,(H2,19,20,21). The number of ether oxygens (including phenoxy) is 2. The van der Waals surface area contributed by atoms with E-state index in [-0.39, 0.29) is 12.6 Å². The van der Waals surface area contributed by atoms with E-state index in [9.17, 15) is 5.11 Å². The third-order valence-electron chi connectivity index (χ3n) is 4.03. The van der Waals surface area contributed by atoms with Crippen LogP contribution in [0.2, 0.25) is 0 Å². The van der Waals surface area contributed by atoms with Gasteiger partial charge < -0.3 is 29.6 Å².